The van der Waals surface area contributed by atoms with Crippen LogP contribution in [0.15, 0.2) is 18.2 Å². The maximum Gasteiger partial charge on any atom is 0.230 e. The van der Waals surface area contributed by atoms with Gasteiger partial charge in [-0.05, 0) is 56.0 Å². The summed E-state index contributed by atoms with van der Waals surface area (Å²) in [7, 11) is 1.76. The van der Waals surface area contributed by atoms with Gasteiger partial charge in [-0.1, -0.05) is 6.07 Å². The van der Waals surface area contributed by atoms with E-state index in [9.17, 15) is 13.6 Å². The molecule has 2 atom stereocenters. The van der Waals surface area contributed by atoms with Gasteiger partial charge in [-0.15, -0.1) is 12.4 Å². The molecule has 2 N–H and O–H groups in total. The van der Waals surface area contributed by atoms with Crippen LogP contribution in [0.1, 0.15) is 42.5 Å². The average molecular weight is 398 g/mol. The number of hydrogen-bond donors (Lipinski definition) is 2. The number of nitrogens with one attached hydrogen (secondary N) is 2. The number of nitrogens with zero attached hydrogens (tertiary/aromatic N) is 3. The predicted molar refractivity (Wildman–Crippen MR) is 98.9 cm³/mol. The summed E-state index contributed by atoms with van der Waals surface area (Å²) in [4.78, 5) is 17.0. The third kappa shape index (κ3) is 4.11. The molecular weight excluding hydrogens is 376 g/mol. The van der Waals surface area contributed by atoms with E-state index in [1.165, 1.54) is 12.1 Å². The second kappa shape index (κ2) is 7.90. The highest BCUT2D eigenvalue weighted by molar-refractivity contribution is 5.93. The lowest BCUT2D eigenvalue weighted by Gasteiger charge is -2.19. The number of piperidine rings is 1. The van der Waals surface area contributed by atoms with Crippen molar-refractivity contribution in [1.82, 2.24) is 20.1 Å². The minimum absolute atomic E-state index is 0. The Kier molecular flexibility index (Phi) is 5.76. The lowest BCUT2D eigenvalue weighted by molar-refractivity contribution is -0.117. The van der Waals surface area contributed by atoms with Crippen LogP contribution in [-0.2, 0) is 11.8 Å². The van der Waals surface area contributed by atoms with Crippen LogP contribution in [0.4, 0.5) is 14.7 Å². The van der Waals surface area contributed by atoms with Crippen LogP contribution >= 0.6 is 12.4 Å². The quantitative estimate of drug-likeness (QED) is 0.832. The summed E-state index contributed by atoms with van der Waals surface area (Å²) in [5.41, 5.74) is 0.650. The molecule has 9 heteroatoms. The van der Waals surface area contributed by atoms with Crippen LogP contribution in [0.3, 0.4) is 0 Å². The summed E-state index contributed by atoms with van der Waals surface area (Å²) in [5, 5.41) is 10.6. The van der Waals surface area contributed by atoms with E-state index in [0.29, 0.717) is 23.9 Å². The molecule has 0 bridgehead atoms. The first-order chi connectivity index (χ1) is 12.5. The second-order valence-electron chi connectivity index (χ2n) is 7.05. The summed E-state index contributed by atoms with van der Waals surface area (Å²) in [6.07, 6.45) is 2.59. The molecule has 6 nitrogen and oxygen atoms in total. The van der Waals surface area contributed by atoms with Gasteiger partial charge in [-0.25, -0.2) is 13.5 Å². The number of carbonyl (C=O) groups excluding carboxylic acids is 1. The van der Waals surface area contributed by atoms with E-state index in [2.05, 4.69) is 20.7 Å². The zero-order valence-electron chi connectivity index (χ0n) is 14.9. The number of amides is 1. The number of halogens is 3. The third-order valence-electron chi connectivity index (χ3n) is 5.22. The Balaban J connectivity index is 0.00000210. The molecule has 1 aromatic carbocycles. The van der Waals surface area contributed by atoms with Gasteiger partial charge in [0.1, 0.15) is 0 Å². The van der Waals surface area contributed by atoms with E-state index in [1.54, 1.807) is 11.7 Å². The molecule has 4 rings (SSSR count). The zero-order chi connectivity index (χ0) is 18.3. The summed E-state index contributed by atoms with van der Waals surface area (Å²) in [5.74, 6) is -0.748. The number of carbonyl (C=O) groups is 1. The van der Waals surface area contributed by atoms with Crippen LogP contribution in [-0.4, -0.2) is 33.8 Å². The second-order valence-corrected chi connectivity index (χ2v) is 7.05. The molecule has 1 saturated heterocycles. The third-order valence-corrected chi connectivity index (χ3v) is 5.22. The monoisotopic (exact) mass is 397 g/mol. The Labute approximate surface area is 162 Å². The summed E-state index contributed by atoms with van der Waals surface area (Å²) >= 11 is 0. The van der Waals surface area contributed by atoms with Crippen LogP contribution in [0.5, 0.6) is 0 Å². The number of aromatic nitrogens is 3. The molecule has 27 heavy (non-hydrogen) atoms. The fraction of sp³-hybridized carbons (Fsp3) is 0.500. The van der Waals surface area contributed by atoms with Crippen molar-refractivity contribution >= 4 is 24.3 Å². The smallest absolute Gasteiger partial charge is 0.230 e. The summed E-state index contributed by atoms with van der Waals surface area (Å²) in [6, 6.07) is 3.81. The van der Waals surface area contributed by atoms with Gasteiger partial charge in [0, 0.05) is 18.9 Å². The van der Waals surface area contributed by atoms with Crippen molar-refractivity contribution in [2.75, 3.05) is 18.4 Å². The molecule has 2 heterocycles. The lowest BCUT2D eigenvalue weighted by atomic mass is 9.98. The summed E-state index contributed by atoms with van der Waals surface area (Å²) in [6.45, 7) is 1.89. The molecule has 0 spiro atoms. The Hall–Kier alpha value is -2.06. The fourth-order valence-corrected chi connectivity index (χ4v) is 3.57. The highest BCUT2D eigenvalue weighted by Crippen LogP contribution is 2.48. The van der Waals surface area contributed by atoms with Crippen molar-refractivity contribution in [2.24, 2.45) is 13.0 Å². The van der Waals surface area contributed by atoms with Gasteiger partial charge >= 0.3 is 0 Å². The molecule has 1 amide bonds. The van der Waals surface area contributed by atoms with Gasteiger partial charge in [-0.2, -0.15) is 10.1 Å². The molecule has 1 aromatic heterocycles. The van der Waals surface area contributed by atoms with Gasteiger partial charge in [0.2, 0.25) is 11.9 Å². The van der Waals surface area contributed by atoms with Crippen LogP contribution in [0, 0.1) is 17.6 Å². The molecule has 1 aliphatic carbocycles. The maximum absolute atomic E-state index is 13.4. The van der Waals surface area contributed by atoms with E-state index in [-0.39, 0.29) is 30.2 Å². The molecule has 1 aliphatic heterocycles. The molecule has 2 unspecified atom stereocenters. The van der Waals surface area contributed by atoms with Gasteiger partial charge < -0.3 is 5.32 Å². The standard InChI is InChI=1S/C18H21F2N5O.ClH/c1-25-18(22-16(24-25)10-4-6-21-7-5-10)23-17(26)13-9-12(13)11-2-3-14(19)15(20)8-11;/h2-3,8,10,12-13,21H,4-7,9H2,1H3,(H,22,23,24,26);1H. The van der Waals surface area contributed by atoms with E-state index in [4.69, 9.17) is 0 Å². The largest absolute Gasteiger partial charge is 0.317 e. The van der Waals surface area contributed by atoms with Crippen molar-refractivity contribution in [3.63, 3.8) is 0 Å². The van der Waals surface area contributed by atoms with Crippen molar-refractivity contribution < 1.29 is 13.6 Å². The van der Waals surface area contributed by atoms with E-state index in [1.807, 2.05) is 0 Å². The topological polar surface area (TPSA) is 71.8 Å². The van der Waals surface area contributed by atoms with Crippen molar-refractivity contribution in [1.29, 1.82) is 0 Å². The Morgan fingerprint density at radius 3 is 2.70 bits per heavy atom. The lowest BCUT2D eigenvalue weighted by Crippen LogP contribution is -2.27. The van der Waals surface area contributed by atoms with Crippen molar-refractivity contribution in [3.8, 4) is 0 Å². The molecule has 0 radical (unpaired) electrons. The van der Waals surface area contributed by atoms with Crippen LogP contribution < -0.4 is 10.6 Å². The molecule has 146 valence electrons. The van der Waals surface area contributed by atoms with E-state index >= 15 is 0 Å². The normalized spacial score (nSPS) is 22.2. The van der Waals surface area contributed by atoms with Gasteiger partial charge in [0.25, 0.3) is 0 Å². The average Bonchev–Trinajstić information content (AvgIpc) is 3.36. The van der Waals surface area contributed by atoms with E-state index in [0.717, 1.165) is 37.8 Å². The number of anilines is 1. The minimum Gasteiger partial charge on any atom is -0.317 e. The molecule has 2 fully saturated rings. The van der Waals surface area contributed by atoms with Gasteiger partial charge in [0.05, 0.1) is 0 Å². The molecule has 1 saturated carbocycles. The first-order valence-electron chi connectivity index (χ1n) is 8.90. The SMILES string of the molecule is Cl.Cn1nc(C2CCNCC2)nc1NC(=O)C1CC1c1ccc(F)c(F)c1. The first-order valence-corrected chi connectivity index (χ1v) is 8.90. The highest BCUT2D eigenvalue weighted by Gasteiger charge is 2.44. The highest BCUT2D eigenvalue weighted by atomic mass is 35.5. The minimum atomic E-state index is -0.881. The van der Waals surface area contributed by atoms with Gasteiger partial charge in [-0.3, -0.25) is 10.1 Å². The number of benzene rings is 1. The first kappa shape index (κ1) is 19.7. The van der Waals surface area contributed by atoms with Gasteiger partial charge in [0.15, 0.2) is 17.5 Å². The van der Waals surface area contributed by atoms with Crippen LogP contribution in [0.25, 0.3) is 0 Å². The zero-order valence-corrected chi connectivity index (χ0v) is 15.7. The number of aryl methyl sites for hydroxylation is 1. The molecular formula is C18H22ClF2N5O. The van der Waals surface area contributed by atoms with Crippen LogP contribution in [0.2, 0.25) is 0 Å². The number of rotatable bonds is 4. The van der Waals surface area contributed by atoms with E-state index < -0.39 is 11.6 Å². The fourth-order valence-electron chi connectivity index (χ4n) is 3.57. The Morgan fingerprint density at radius 1 is 1.26 bits per heavy atom. The maximum atomic E-state index is 13.4. The number of hydrogen-bond acceptors (Lipinski definition) is 4. The Bertz CT molecular complexity index is 837. The molecule has 2 aromatic rings. The Morgan fingerprint density at radius 2 is 2.00 bits per heavy atom. The van der Waals surface area contributed by atoms with Crippen molar-refractivity contribution in [3.05, 3.63) is 41.2 Å². The summed E-state index contributed by atoms with van der Waals surface area (Å²) < 4.78 is 28.0. The molecule has 2 aliphatic rings. The van der Waals surface area contributed by atoms with Crippen molar-refractivity contribution in [2.45, 2.75) is 31.1 Å². The predicted octanol–water partition coefficient (Wildman–Crippen LogP) is 2.72.